The molecule has 0 aliphatic carbocycles. The molecule has 2 N–H and O–H groups in total. The molecule has 0 fully saturated rings. The zero-order chi connectivity index (χ0) is 20.1. The number of thiocarbonyl (C=S) groups is 1. The van der Waals surface area contributed by atoms with Gasteiger partial charge in [0.2, 0.25) is 0 Å². The molecule has 1 amide bonds. The summed E-state index contributed by atoms with van der Waals surface area (Å²) in [5.41, 5.74) is 1.34. The predicted octanol–water partition coefficient (Wildman–Crippen LogP) is 3.50. The summed E-state index contributed by atoms with van der Waals surface area (Å²) in [6.45, 7) is 3.86. The Morgan fingerprint density at radius 1 is 1.11 bits per heavy atom. The van der Waals surface area contributed by atoms with E-state index >= 15 is 0 Å². The highest BCUT2D eigenvalue weighted by molar-refractivity contribution is 7.80. The van der Waals surface area contributed by atoms with Crippen LogP contribution >= 0.6 is 12.2 Å². The second-order valence-electron chi connectivity index (χ2n) is 5.62. The summed E-state index contributed by atoms with van der Waals surface area (Å²) in [6, 6.07) is 8.41. The van der Waals surface area contributed by atoms with E-state index in [0.717, 1.165) is 41.4 Å². The second kappa shape index (κ2) is 8.32. The number of rotatable bonds is 5. The summed E-state index contributed by atoms with van der Waals surface area (Å²) < 4.78 is 0. The number of nitro benzene ring substituents is 2. The van der Waals surface area contributed by atoms with Crippen LogP contribution in [0.25, 0.3) is 0 Å². The Labute approximate surface area is 159 Å². The van der Waals surface area contributed by atoms with Gasteiger partial charge in [-0.2, -0.15) is 0 Å². The van der Waals surface area contributed by atoms with Gasteiger partial charge < -0.3 is 5.32 Å². The van der Waals surface area contributed by atoms with Crippen molar-refractivity contribution in [3.8, 4) is 0 Å². The highest BCUT2D eigenvalue weighted by Gasteiger charge is 2.20. The van der Waals surface area contributed by atoms with Crippen LogP contribution in [0.3, 0.4) is 0 Å². The molecule has 0 unspecified atom stereocenters. The van der Waals surface area contributed by atoms with Crippen LogP contribution in [-0.4, -0.2) is 20.9 Å². The lowest BCUT2D eigenvalue weighted by Gasteiger charge is -2.15. The van der Waals surface area contributed by atoms with Crippen molar-refractivity contribution in [2.75, 3.05) is 5.32 Å². The van der Waals surface area contributed by atoms with Crippen LogP contribution in [0.2, 0.25) is 0 Å². The number of benzene rings is 2. The van der Waals surface area contributed by atoms with Crippen LogP contribution in [-0.2, 0) is 6.42 Å². The van der Waals surface area contributed by atoms with Crippen LogP contribution in [0.4, 0.5) is 17.1 Å². The number of nitrogens with zero attached hydrogens (tertiary/aromatic N) is 2. The van der Waals surface area contributed by atoms with E-state index < -0.39 is 27.1 Å². The van der Waals surface area contributed by atoms with Crippen molar-refractivity contribution in [1.82, 2.24) is 5.32 Å². The Kier molecular flexibility index (Phi) is 6.14. The molecule has 0 heterocycles. The first-order chi connectivity index (χ1) is 12.7. The van der Waals surface area contributed by atoms with Gasteiger partial charge in [0.05, 0.1) is 21.5 Å². The molecule has 0 aliphatic rings. The number of anilines is 1. The third-order valence-electron chi connectivity index (χ3n) is 3.79. The molecule has 0 bridgehead atoms. The quantitative estimate of drug-likeness (QED) is 0.456. The van der Waals surface area contributed by atoms with Gasteiger partial charge in [-0.3, -0.25) is 30.3 Å². The summed E-state index contributed by atoms with van der Waals surface area (Å²) in [5, 5.41) is 27.2. The van der Waals surface area contributed by atoms with E-state index in [1.807, 2.05) is 32.0 Å². The molecule has 0 saturated carbocycles. The predicted molar refractivity (Wildman–Crippen MR) is 104 cm³/mol. The first-order valence-corrected chi connectivity index (χ1v) is 8.28. The Bertz CT molecular complexity index is 913. The van der Waals surface area contributed by atoms with E-state index in [-0.39, 0.29) is 10.7 Å². The van der Waals surface area contributed by atoms with E-state index in [9.17, 15) is 25.0 Å². The molecule has 0 spiro atoms. The Morgan fingerprint density at radius 2 is 1.70 bits per heavy atom. The molecular weight excluding hydrogens is 372 g/mol. The van der Waals surface area contributed by atoms with Gasteiger partial charge >= 0.3 is 0 Å². The number of aryl methyl sites for hydroxylation is 2. The molecule has 10 heteroatoms. The molecule has 27 heavy (non-hydrogen) atoms. The van der Waals surface area contributed by atoms with Crippen molar-refractivity contribution in [3.05, 3.63) is 73.3 Å². The van der Waals surface area contributed by atoms with Crippen molar-refractivity contribution in [2.45, 2.75) is 20.3 Å². The fourth-order valence-electron chi connectivity index (χ4n) is 2.46. The standard InChI is InChI=1S/C17H16N4O5S/c1-3-11-6-4-5-10(2)15(11)18-17(27)19-16(22)12-7-13(20(23)24)9-14(8-12)21(25)26/h4-9H,3H2,1-2H3,(H2,18,19,22,27). The van der Waals surface area contributed by atoms with E-state index in [1.54, 1.807) is 0 Å². The minimum Gasteiger partial charge on any atom is -0.332 e. The second-order valence-corrected chi connectivity index (χ2v) is 6.03. The molecular formula is C17H16N4O5S. The average molecular weight is 388 g/mol. The summed E-state index contributed by atoms with van der Waals surface area (Å²) in [7, 11) is 0. The van der Waals surface area contributed by atoms with Crippen LogP contribution < -0.4 is 10.6 Å². The topological polar surface area (TPSA) is 127 Å². The first kappa shape index (κ1) is 19.9. The molecule has 0 saturated heterocycles. The third-order valence-corrected chi connectivity index (χ3v) is 4.00. The molecule has 9 nitrogen and oxygen atoms in total. The van der Waals surface area contributed by atoms with Gasteiger partial charge in [-0.25, -0.2) is 0 Å². The summed E-state index contributed by atoms with van der Waals surface area (Å²) in [5.74, 6) is -0.786. The van der Waals surface area contributed by atoms with Crippen LogP contribution in [0, 0.1) is 27.2 Å². The minimum atomic E-state index is -0.804. The average Bonchev–Trinajstić information content (AvgIpc) is 2.62. The van der Waals surface area contributed by atoms with Gasteiger partial charge in [0.15, 0.2) is 5.11 Å². The van der Waals surface area contributed by atoms with Gasteiger partial charge in [-0.1, -0.05) is 25.1 Å². The maximum atomic E-state index is 12.4. The highest BCUT2D eigenvalue weighted by atomic mass is 32.1. The lowest BCUT2D eigenvalue weighted by atomic mass is 10.1. The number of carbonyl (C=O) groups is 1. The highest BCUT2D eigenvalue weighted by Crippen LogP contribution is 2.23. The third kappa shape index (κ3) is 4.82. The lowest BCUT2D eigenvalue weighted by Crippen LogP contribution is -2.34. The van der Waals surface area contributed by atoms with E-state index in [2.05, 4.69) is 10.6 Å². The monoisotopic (exact) mass is 388 g/mol. The largest absolute Gasteiger partial charge is 0.332 e. The number of hydrogen-bond acceptors (Lipinski definition) is 6. The Hall–Kier alpha value is -3.40. The number of carbonyl (C=O) groups excluding carboxylic acids is 1. The van der Waals surface area contributed by atoms with Crippen LogP contribution in [0.5, 0.6) is 0 Å². The van der Waals surface area contributed by atoms with E-state index in [1.165, 1.54) is 0 Å². The summed E-state index contributed by atoms with van der Waals surface area (Å²) >= 11 is 5.14. The van der Waals surface area contributed by atoms with Crippen molar-refractivity contribution >= 4 is 40.3 Å². The zero-order valence-electron chi connectivity index (χ0n) is 14.5. The smallest absolute Gasteiger partial charge is 0.277 e. The molecule has 0 atom stereocenters. The van der Waals surface area contributed by atoms with Crippen molar-refractivity contribution in [1.29, 1.82) is 0 Å². The maximum absolute atomic E-state index is 12.4. The van der Waals surface area contributed by atoms with Crippen LogP contribution in [0.15, 0.2) is 36.4 Å². The van der Waals surface area contributed by atoms with Gasteiger partial charge in [-0.05, 0) is 36.7 Å². The minimum absolute atomic E-state index is 0.0156. The Morgan fingerprint density at radius 3 is 2.22 bits per heavy atom. The number of para-hydroxylation sites is 1. The number of amides is 1. The van der Waals surface area contributed by atoms with Crippen LogP contribution in [0.1, 0.15) is 28.4 Å². The normalized spacial score (nSPS) is 10.1. The van der Waals surface area contributed by atoms with E-state index in [0.29, 0.717) is 0 Å². The molecule has 2 rings (SSSR count). The fourth-order valence-corrected chi connectivity index (χ4v) is 2.65. The van der Waals surface area contributed by atoms with Gasteiger partial charge in [0.1, 0.15) is 0 Å². The Balaban J connectivity index is 2.23. The van der Waals surface area contributed by atoms with Gasteiger partial charge in [0.25, 0.3) is 17.3 Å². The lowest BCUT2D eigenvalue weighted by molar-refractivity contribution is -0.394. The van der Waals surface area contributed by atoms with Crippen molar-refractivity contribution < 1.29 is 14.6 Å². The van der Waals surface area contributed by atoms with Gasteiger partial charge in [0, 0.05) is 17.8 Å². The molecule has 2 aromatic rings. The SMILES string of the molecule is CCc1cccc(C)c1NC(=S)NC(=O)c1cc([N+](=O)[O-])cc([N+](=O)[O-])c1. The van der Waals surface area contributed by atoms with E-state index in [4.69, 9.17) is 12.2 Å². The van der Waals surface area contributed by atoms with Crippen molar-refractivity contribution in [3.63, 3.8) is 0 Å². The summed E-state index contributed by atoms with van der Waals surface area (Å²) in [6.07, 6.45) is 0.748. The maximum Gasteiger partial charge on any atom is 0.277 e. The van der Waals surface area contributed by atoms with Crippen molar-refractivity contribution in [2.24, 2.45) is 0 Å². The molecule has 140 valence electrons. The first-order valence-electron chi connectivity index (χ1n) is 7.87. The number of non-ortho nitro benzene ring substituents is 2. The zero-order valence-corrected chi connectivity index (χ0v) is 15.3. The number of nitro groups is 2. The molecule has 0 aromatic heterocycles. The fraction of sp³-hybridized carbons (Fsp3) is 0.176. The number of nitrogens with one attached hydrogen (secondary N) is 2. The molecule has 2 aromatic carbocycles. The summed E-state index contributed by atoms with van der Waals surface area (Å²) in [4.78, 5) is 32.6. The molecule has 0 aliphatic heterocycles. The molecule has 0 radical (unpaired) electrons. The van der Waals surface area contributed by atoms with Gasteiger partial charge in [-0.15, -0.1) is 0 Å². The number of hydrogen-bond donors (Lipinski definition) is 2.